The quantitative estimate of drug-likeness (QED) is 0.775. The van der Waals surface area contributed by atoms with E-state index in [1.165, 1.54) is 6.20 Å². The van der Waals surface area contributed by atoms with E-state index in [1.807, 2.05) is 6.92 Å². The van der Waals surface area contributed by atoms with E-state index in [-0.39, 0.29) is 0 Å². The van der Waals surface area contributed by atoms with Crippen molar-refractivity contribution in [2.45, 2.75) is 19.4 Å². The molecule has 0 aromatic carbocycles. The van der Waals surface area contributed by atoms with Crippen molar-refractivity contribution in [3.05, 3.63) is 30.1 Å². The van der Waals surface area contributed by atoms with Crippen LogP contribution in [0.4, 0.5) is 0 Å². The maximum absolute atomic E-state index is 10.9. The highest BCUT2D eigenvalue weighted by Crippen LogP contribution is 2.16. The lowest BCUT2D eigenvalue weighted by atomic mass is 10.1. The predicted molar refractivity (Wildman–Crippen MR) is 50.9 cm³/mol. The largest absolute Gasteiger partial charge is 0.479 e. The molecule has 1 aromatic rings. The molecule has 0 saturated heterocycles. The number of hydrogen-bond donors (Lipinski definition) is 1. The highest BCUT2D eigenvalue weighted by Gasteiger charge is 2.19. The van der Waals surface area contributed by atoms with E-state index in [0.29, 0.717) is 12.2 Å². The van der Waals surface area contributed by atoms with Gasteiger partial charge in [-0.3, -0.25) is 4.98 Å². The molecule has 14 heavy (non-hydrogen) atoms. The summed E-state index contributed by atoms with van der Waals surface area (Å²) in [5.74, 6) is -0.980. The number of aromatic nitrogens is 1. The van der Waals surface area contributed by atoms with E-state index in [9.17, 15) is 4.79 Å². The summed E-state index contributed by atoms with van der Waals surface area (Å²) in [4.78, 5) is 14.7. The van der Waals surface area contributed by atoms with E-state index in [4.69, 9.17) is 9.84 Å². The van der Waals surface area contributed by atoms with Crippen molar-refractivity contribution in [1.29, 1.82) is 0 Å². The molecule has 1 N–H and O–H groups in total. The molecule has 0 radical (unpaired) electrons. The summed E-state index contributed by atoms with van der Waals surface area (Å²) in [7, 11) is 0. The Morgan fingerprint density at radius 3 is 3.00 bits per heavy atom. The molecule has 1 aromatic heterocycles. The van der Waals surface area contributed by atoms with Gasteiger partial charge in [-0.05, 0) is 12.5 Å². The summed E-state index contributed by atoms with van der Waals surface area (Å²) < 4.78 is 5.20. The van der Waals surface area contributed by atoms with Crippen LogP contribution in [-0.2, 0) is 9.53 Å². The van der Waals surface area contributed by atoms with E-state index >= 15 is 0 Å². The smallest absolute Gasteiger partial charge is 0.337 e. The summed E-state index contributed by atoms with van der Waals surface area (Å²) in [6.07, 6.45) is 3.00. The first kappa shape index (κ1) is 10.7. The summed E-state index contributed by atoms with van der Waals surface area (Å²) in [5, 5.41) is 8.90. The molecule has 1 unspecified atom stereocenters. The lowest BCUT2D eigenvalue weighted by Crippen LogP contribution is -2.15. The van der Waals surface area contributed by atoms with Crippen LogP contribution < -0.4 is 0 Å². The number of ether oxygens (including phenoxy) is 1. The van der Waals surface area contributed by atoms with Crippen molar-refractivity contribution >= 4 is 5.97 Å². The molecule has 0 bridgehead atoms. The molecule has 4 heteroatoms. The van der Waals surface area contributed by atoms with Crippen LogP contribution in [0.1, 0.15) is 25.0 Å². The third-order valence-electron chi connectivity index (χ3n) is 1.70. The van der Waals surface area contributed by atoms with Gasteiger partial charge in [0.2, 0.25) is 0 Å². The molecule has 0 spiro atoms. The number of pyridine rings is 1. The summed E-state index contributed by atoms with van der Waals surface area (Å²) in [6, 6.07) is 3.39. The van der Waals surface area contributed by atoms with E-state index in [1.54, 1.807) is 18.3 Å². The number of aliphatic carboxylic acids is 1. The van der Waals surface area contributed by atoms with Gasteiger partial charge in [-0.25, -0.2) is 4.79 Å². The number of rotatable bonds is 5. The number of carbonyl (C=O) groups is 1. The zero-order valence-corrected chi connectivity index (χ0v) is 8.01. The second kappa shape index (κ2) is 5.34. The van der Waals surface area contributed by atoms with Gasteiger partial charge >= 0.3 is 5.97 Å². The van der Waals surface area contributed by atoms with Crippen molar-refractivity contribution in [3.8, 4) is 0 Å². The minimum Gasteiger partial charge on any atom is -0.479 e. The van der Waals surface area contributed by atoms with Gasteiger partial charge in [-0.2, -0.15) is 0 Å². The van der Waals surface area contributed by atoms with Crippen LogP contribution in [0.5, 0.6) is 0 Å². The molecule has 0 aliphatic rings. The van der Waals surface area contributed by atoms with Gasteiger partial charge in [0.1, 0.15) is 0 Å². The van der Waals surface area contributed by atoms with Crippen molar-refractivity contribution in [2.24, 2.45) is 0 Å². The molecule has 1 rings (SSSR count). The van der Waals surface area contributed by atoms with Gasteiger partial charge in [0.25, 0.3) is 0 Å². The second-order valence-electron chi connectivity index (χ2n) is 2.88. The molecular weight excluding hydrogens is 182 g/mol. The van der Waals surface area contributed by atoms with Crippen LogP contribution in [0.2, 0.25) is 0 Å². The van der Waals surface area contributed by atoms with Crippen molar-refractivity contribution < 1.29 is 14.6 Å². The summed E-state index contributed by atoms with van der Waals surface area (Å²) in [6.45, 7) is 2.37. The van der Waals surface area contributed by atoms with Gasteiger partial charge in [0.15, 0.2) is 6.10 Å². The Morgan fingerprint density at radius 1 is 1.71 bits per heavy atom. The van der Waals surface area contributed by atoms with Gasteiger partial charge in [-0.15, -0.1) is 0 Å². The zero-order chi connectivity index (χ0) is 10.4. The predicted octanol–water partition coefficient (Wildman–Crippen LogP) is 1.63. The Kier molecular flexibility index (Phi) is 4.07. The van der Waals surface area contributed by atoms with Crippen molar-refractivity contribution in [2.75, 3.05) is 6.61 Å². The van der Waals surface area contributed by atoms with Gasteiger partial charge in [0, 0.05) is 24.6 Å². The lowest BCUT2D eigenvalue weighted by molar-refractivity contribution is -0.150. The molecule has 0 aliphatic carbocycles. The van der Waals surface area contributed by atoms with Crippen LogP contribution >= 0.6 is 0 Å². The first-order valence-electron chi connectivity index (χ1n) is 4.50. The Hall–Kier alpha value is -1.42. The molecule has 1 atom stereocenters. The number of carboxylic acid groups (broad SMARTS) is 1. The third kappa shape index (κ3) is 2.81. The Morgan fingerprint density at radius 2 is 2.50 bits per heavy atom. The van der Waals surface area contributed by atoms with Crippen LogP contribution in [0.15, 0.2) is 24.5 Å². The van der Waals surface area contributed by atoms with E-state index in [0.717, 1.165) is 6.42 Å². The number of hydrogen-bond acceptors (Lipinski definition) is 3. The summed E-state index contributed by atoms with van der Waals surface area (Å²) >= 11 is 0. The fraction of sp³-hybridized carbons (Fsp3) is 0.400. The van der Waals surface area contributed by atoms with E-state index in [2.05, 4.69) is 4.98 Å². The average Bonchev–Trinajstić information content (AvgIpc) is 2.19. The van der Waals surface area contributed by atoms with Gasteiger partial charge in [0.05, 0.1) is 0 Å². The highest BCUT2D eigenvalue weighted by atomic mass is 16.5. The molecule has 4 nitrogen and oxygen atoms in total. The minimum absolute atomic E-state index is 0.436. The monoisotopic (exact) mass is 195 g/mol. The molecule has 76 valence electrons. The topological polar surface area (TPSA) is 59.4 Å². The minimum atomic E-state index is -0.980. The molecule has 0 fully saturated rings. The highest BCUT2D eigenvalue weighted by molar-refractivity contribution is 5.74. The van der Waals surface area contributed by atoms with Gasteiger partial charge < -0.3 is 9.84 Å². The molecule has 0 amide bonds. The second-order valence-corrected chi connectivity index (χ2v) is 2.88. The maximum atomic E-state index is 10.9. The van der Waals surface area contributed by atoms with Crippen molar-refractivity contribution in [1.82, 2.24) is 4.98 Å². The number of carboxylic acids is 1. The van der Waals surface area contributed by atoms with E-state index < -0.39 is 12.1 Å². The number of nitrogens with zero attached hydrogens (tertiary/aromatic N) is 1. The molecular formula is C10H13NO3. The lowest BCUT2D eigenvalue weighted by Gasteiger charge is -2.12. The van der Waals surface area contributed by atoms with Crippen LogP contribution in [0.3, 0.4) is 0 Å². The Balaban J connectivity index is 2.73. The van der Waals surface area contributed by atoms with Gasteiger partial charge in [-0.1, -0.05) is 13.0 Å². The SMILES string of the molecule is CCCOC(C(=O)O)c1cccnc1. The summed E-state index contributed by atoms with van der Waals surface area (Å²) in [5.41, 5.74) is 0.577. The first-order valence-corrected chi connectivity index (χ1v) is 4.50. The van der Waals surface area contributed by atoms with Crippen LogP contribution in [0, 0.1) is 0 Å². The fourth-order valence-electron chi connectivity index (χ4n) is 1.08. The molecule has 1 heterocycles. The third-order valence-corrected chi connectivity index (χ3v) is 1.70. The maximum Gasteiger partial charge on any atom is 0.337 e. The van der Waals surface area contributed by atoms with Crippen molar-refractivity contribution in [3.63, 3.8) is 0 Å². The fourth-order valence-corrected chi connectivity index (χ4v) is 1.08. The zero-order valence-electron chi connectivity index (χ0n) is 8.01. The standard InChI is InChI=1S/C10H13NO3/c1-2-6-14-9(10(12)13)8-4-3-5-11-7-8/h3-5,7,9H,2,6H2,1H3,(H,12,13). The Bertz CT molecular complexity index is 287. The first-order chi connectivity index (χ1) is 6.75. The Labute approximate surface area is 82.5 Å². The molecule has 0 saturated carbocycles. The van der Waals surface area contributed by atoms with Crippen LogP contribution in [-0.4, -0.2) is 22.7 Å². The van der Waals surface area contributed by atoms with Crippen LogP contribution in [0.25, 0.3) is 0 Å². The normalized spacial score (nSPS) is 12.4. The molecule has 0 aliphatic heterocycles. The average molecular weight is 195 g/mol.